The average molecular weight is 673 g/mol. The molecule has 1 N–H and O–H groups in total. The van der Waals surface area contributed by atoms with Crippen LogP contribution in [0.1, 0.15) is 11.1 Å². The number of rotatable bonds is 6. The fourth-order valence-corrected chi connectivity index (χ4v) is 4.74. The quantitative estimate of drug-likeness (QED) is 0.167. The van der Waals surface area contributed by atoms with E-state index in [-0.39, 0.29) is 5.57 Å². The fourth-order valence-electron chi connectivity index (χ4n) is 2.62. The lowest BCUT2D eigenvalue weighted by Crippen LogP contribution is -2.13. The van der Waals surface area contributed by atoms with E-state index in [4.69, 9.17) is 16.3 Å². The number of halogens is 4. The Morgan fingerprint density at radius 2 is 1.81 bits per heavy atom. The van der Waals surface area contributed by atoms with E-state index >= 15 is 0 Å². The Morgan fingerprint density at radius 3 is 2.42 bits per heavy atom. The Morgan fingerprint density at radius 1 is 1.13 bits per heavy atom. The Labute approximate surface area is 215 Å². The van der Waals surface area contributed by atoms with Gasteiger partial charge < -0.3 is 10.1 Å². The summed E-state index contributed by atoms with van der Waals surface area (Å²) >= 11 is 15.1. The van der Waals surface area contributed by atoms with E-state index in [0.29, 0.717) is 37.6 Å². The van der Waals surface area contributed by atoms with Crippen molar-refractivity contribution >= 4 is 83.7 Å². The van der Waals surface area contributed by atoms with E-state index in [0.717, 1.165) is 9.13 Å². The molecule has 0 spiro atoms. The molecule has 0 aliphatic heterocycles. The molecule has 0 saturated heterocycles. The van der Waals surface area contributed by atoms with Crippen LogP contribution in [0.3, 0.4) is 0 Å². The van der Waals surface area contributed by atoms with Gasteiger partial charge in [-0.25, -0.2) is 0 Å². The van der Waals surface area contributed by atoms with Gasteiger partial charge in [0.1, 0.15) is 24.0 Å². The molecule has 0 saturated carbocycles. The summed E-state index contributed by atoms with van der Waals surface area (Å²) in [6.07, 6.45) is 1.53. The lowest BCUT2D eigenvalue weighted by atomic mass is 10.1. The zero-order chi connectivity index (χ0) is 22.4. The summed E-state index contributed by atoms with van der Waals surface area (Å²) < 4.78 is 8.29. The van der Waals surface area contributed by atoms with Crippen LogP contribution in [-0.4, -0.2) is 5.91 Å². The third kappa shape index (κ3) is 6.81. The number of anilines is 1. The predicted molar refractivity (Wildman–Crippen MR) is 139 cm³/mol. The standard InChI is InChI=1S/C23H14Br2ClIN2O2/c24-20-9-15(8-16(12-28)23(30)29-19-3-1-2-18(27)11-19)10-21(25)22(20)31-13-14-4-6-17(26)7-5-14/h1-11H,13H2,(H,29,30)/b16-8+. The van der Waals surface area contributed by atoms with Crippen molar-refractivity contribution in [3.8, 4) is 11.8 Å². The normalized spacial score (nSPS) is 11.0. The highest BCUT2D eigenvalue weighted by Crippen LogP contribution is 2.36. The second kappa shape index (κ2) is 11.1. The van der Waals surface area contributed by atoms with Gasteiger partial charge in [-0.2, -0.15) is 5.26 Å². The summed E-state index contributed by atoms with van der Waals surface area (Å²) in [5.74, 6) is 0.147. The lowest BCUT2D eigenvalue weighted by molar-refractivity contribution is -0.112. The van der Waals surface area contributed by atoms with Crippen LogP contribution < -0.4 is 10.1 Å². The molecule has 0 fully saturated rings. The largest absolute Gasteiger partial charge is 0.487 e. The van der Waals surface area contributed by atoms with Crippen molar-refractivity contribution in [2.45, 2.75) is 6.61 Å². The third-order valence-electron chi connectivity index (χ3n) is 4.08. The van der Waals surface area contributed by atoms with Crippen LogP contribution in [0.5, 0.6) is 5.75 Å². The highest BCUT2D eigenvalue weighted by Gasteiger charge is 2.13. The van der Waals surface area contributed by atoms with Crippen molar-refractivity contribution in [2.24, 2.45) is 0 Å². The molecule has 4 nitrogen and oxygen atoms in total. The maximum Gasteiger partial charge on any atom is 0.266 e. The molecule has 3 rings (SSSR count). The van der Waals surface area contributed by atoms with E-state index in [2.05, 4.69) is 59.8 Å². The first-order valence-electron chi connectivity index (χ1n) is 8.90. The molecule has 0 unspecified atom stereocenters. The summed E-state index contributed by atoms with van der Waals surface area (Å²) in [6, 6.07) is 20.3. The fraction of sp³-hybridized carbons (Fsp3) is 0.0435. The van der Waals surface area contributed by atoms with Crippen molar-refractivity contribution < 1.29 is 9.53 Å². The number of amides is 1. The third-order valence-corrected chi connectivity index (χ3v) is 6.18. The summed E-state index contributed by atoms with van der Waals surface area (Å²) in [7, 11) is 0. The maximum absolute atomic E-state index is 12.5. The molecular formula is C23H14Br2ClIN2O2. The Balaban J connectivity index is 1.76. The summed E-state index contributed by atoms with van der Waals surface area (Å²) in [5, 5.41) is 12.9. The zero-order valence-corrected chi connectivity index (χ0v) is 21.9. The lowest BCUT2D eigenvalue weighted by Gasteiger charge is -2.12. The summed E-state index contributed by atoms with van der Waals surface area (Å²) in [6.45, 7) is 0.366. The molecule has 0 aliphatic rings. The van der Waals surface area contributed by atoms with Gasteiger partial charge in [-0.3, -0.25) is 4.79 Å². The van der Waals surface area contributed by atoms with Crippen LogP contribution in [0.4, 0.5) is 5.69 Å². The van der Waals surface area contributed by atoms with Gasteiger partial charge in [-0.05, 0) is 114 Å². The zero-order valence-electron chi connectivity index (χ0n) is 15.8. The number of hydrogen-bond acceptors (Lipinski definition) is 3. The molecule has 156 valence electrons. The number of ether oxygens (including phenoxy) is 1. The molecule has 0 atom stereocenters. The van der Waals surface area contributed by atoms with Crippen LogP contribution >= 0.6 is 66.1 Å². The number of carbonyl (C=O) groups is 1. The van der Waals surface area contributed by atoms with Gasteiger partial charge in [0.15, 0.2) is 0 Å². The molecule has 0 aliphatic carbocycles. The Bertz CT molecular complexity index is 1170. The first-order chi connectivity index (χ1) is 14.9. The molecule has 0 heterocycles. The van der Waals surface area contributed by atoms with E-state index in [1.54, 1.807) is 18.2 Å². The van der Waals surface area contributed by atoms with E-state index in [9.17, 15) is 10.1 Å². The monoisotopic (exact) mass is 670 g/mol. The van der Waals surface area contributed by atoms with E-state index in [1.165, 1.54) is 6.08 Å². The SMILES string of the molecule is N#C/C(=C\c1cc(Br)c(OCc2ccc(Cl)cc2)c(Br)c1)C(=O)Nc1cccc(I)c1. The topological polar surface area (TPSA) is 62.1 Å². The first kappa shape index (κ1) is 23.8. The van der Waals surface area contributed by atoms with E-state index < -0.39 is 5.91 Å². The van der Waals surface area contributed by atoms with Crippen molar-refractivity contribution in [3.05, 3.63) is 94.9 Å². The minimum atomic E-state index is -0.472. The molecule has 0 radical (unpaired) electrons. The van der Waals surface area contributed by atoms with Gasteiger partial charge in [-0.1, -0.05) is 29.8 Å². The van der Waals surface area contributed by atoms with E-state index in [1.807, 2.05) is 48.5 Å². The van der Waals surface area contributed by atoms with Crippen molar-refractivity contribution in [1.82, 2.24) is 0 Å². The van der Waals surface area contributed by atoms with Gasteiger partial charge in [0.2, 0.25) is 0 Å². The van der Waals surface area contributed by atoms with Crippen LogP contribution in [0.2, 0.25) is 5.02 Å². The van der Waals surface area contributed by atoms with Crippen molar-refractivity contribution in [2.75, 3.05) is 5.32 Å². The Hall–Kier alpha value is -1.86. The number of nitrogens with zero attached hydrogens (tertiary/aromatic N) is 1. The Kier molecular flexibility index (Phi) is 8.55. The molecule has 0 aromatic heterocycles. The van der Waals surface area contributed by atoms with Crippen molar-refractivity contribution in [3.63, 3.8) is 0 Å². The second-order valence-corrected chi connectivity index (χ2v) is 9.75. The van der Waals surface area contributed by atoms with Crippen LogP contribution in [0.15, 0.2) is 75.2 Å². The minimum absolute atomic E-state index is 0.00695. The first-order valence-corrected chi connectivity index (χ1v) is 11.9. The maximum atomic E-state index is 12.5. The average Bonchev–Trinajstić information content (AvgIpc) is 2.72. The molecule has 3 aromatic rings. The summed E-state index contributed by atoms with van der Waals surface area (Å²) in [5.41, 5.74) is 2.27. The van der Waals surface area contributed by atoms with Crippen molar-refractivity contribution in [1.29, 1.82) is 5.26 Å². The molecule has 31 heavy (non-hydrogen) atoms. The predicted octanol–water partition coefficient (Wildman–Crippen LogP) is 7.59. The number of nitriles is 1. The molecule has 0 bridgehead atoms. The van der Waals surface area contributed by atoms with Gasteiger partial charge in [0, 0.05) is 14.3 Å². The molecule has 3 aromatic carbocycles. The minimum Gasteiger partial charge on any atom is -0.487 e. The second-order valence-electron chi connectivity index (χ2n) is 6.36. The molecular weight excluding hydrogens is 658 g/mol. The smallest absolute Gasteiger partial charge is 0.266 e. The van der Waals surface area contributed by atoms with Crippen LogP contribution in [0, 0.1) is 14.9 Å². The van der Waals surface area contributed by atoms with Gasteiger partial charge in [0.25, 0.3) is 5.91 Å². The number of carbonyl (C=O) groups excluding carboxylic acids is 1. The highest BCUT2D eigenvalue weighted by molar-refractivity contribution is 14.1. The summed E-state index contributed by atoms with van der Waals surface area (Å²) in [4.78, 5) is 12.5. The van der Waals surface area contributed by atoms with Gasteiger partial charge >= 0.3 is 0 Å². The molecule has 1 amide bonds. The number of hydrogen-bond donors (Lipinski definition) is 1. The van der Waals surface area contributed by atoms with Gasteiger partial charge in [0.05, 0.1) is 8.95 Å². The molecule has 8 heteroatoms. The highest BCUT2D eigenvalue weighted by atomic mass is 127. The van der Waals surface area contributed by atoms with Gasteiger partial charge in [-0.15, -0.1) is 0 Å². The van der Waals surface area contributed by atoms with Crippen LogP contribution in [-0.2, 0) is 11.4 Å². The number of benzene rings is 3. The number of nitrogens with one attached hydrogen (secondary N) is 1. The van der Waals surface area contributed by atoms with Crippen LogP contribution in [0.25, 0.3) is 6.08 Å².